The molecule has 1 aliphatic carbocycles. The molecule has 0 bridgehead atoms. The third-order valence-electron chi connectivity index (χ3n) is 6.20. The molecule has 0 spiro atoms. The first kappa shape index (κ1) is 23.0. The fourth-order valence-electron chi connectivity index (χ4n) is 4.56. The maximum absolute atomic E-state index is 12.9. The van der Waals surface area contributed by atoms with Gasteiger partial charge >= 0.3 is 0 Å². The molecule has 2 N–H and O–H groups in total. The van der Waals surface area contributed by atoms with Crippen LogP contribution in [0.25, 0.3) is 0 Å². The van der Waals surface area contributed by atoms with Crippen molar-refractivity contribution >= 4 is 46.6 Å². The van der Waals surface area contributed by atoms with Crippen LogP contribution in [0.15, 0.2) is 47.4 Å². The Bertz CT molecular complexity index is 1150. The van der Waals surface area contributed by atoms with Gasteiger partial charge in [-0.3, -0.25) is 19.2 Å². The highest BCUT2D eigenvalue weighted by Gasteiger charge is 2.42. The van der Waals surface area contributed by atoms with Crippen molar-refractivity contribution in [2.45, 2.75) is 55.7 Å². The molecule has 3 amide bonds. The zero-order valence-electron chi connectivity index (χ0n) is 18.9. The van der Waals surface area contributed by atoms with Crippen LogP contribution in [0.2, 0.25) is 0 Å². The number of thioether (sulfide) groups is 1. The van der Waals surface area contributed by atoms with Crippen LogP contribution in [0.3, 0.4) is 0 Å². The minimum atomic E-state index is -0.937. The summed E-state index contributed by atoms with van der Waals surface area (Å²) in [7, 11) is 0. The summed E-state index contributed by atoms with van der Waals surface area (Å²) in [5.41, 5.74) is 2.30. The number of anilines is 2. The van der Waals surface area contributed by atoms with E-state index in [2.05, 4.69) is 10.6 Å². The minimum absolute atomic E-state index is 0.0631. The molecule has 0 saturated carbocycles. The lowest BCUT2D eigenvalue weighted by molar-refractivity contribution is -0.129. The number of hydrogen-bond acceptors (Lipinski definition) is 5. The first-order valence-electron chi connectivity index (χ1n) is 11.0. The molecule has 33 heavy (non-hydrogen) atoms. The molecule has 2 aromatic rings. The second-order valence-electron chi connectivity index (χ2n) is 8.61. The number of hydrogen-bond donors (Lipinski definition) is 2. The molecule has 0 radical (unpaired) electrons. The zero-order chi connectivity index (χ0) is 23.8. The summed E-state index contributed by atoms with van der Waals surface area (Å²) in [6.07, 6.45) is 1.50. The van der Waals surface area contributed by atoms with E-state index in [1.54, 1.807) is 11.0 Å². The molecular weight excluding hydrogens is 438 g/mol. The van der Waals surface area contributed by atoms with E-state index >= 15 is 0 Å². The second-order valence-corrected chi connectivity index (χ2v) is 9.86. The predicted octanol–water partition coefficient (Wildman–Crippen LogP) is 3.11. The summed E-state index contributed by atoms with van der Waals surface area (Å²) in [6, 6.07) is 13.1. The van der Waals surface area contributed by atoms with Gasteiger partial charge in [0.2, 0.25) is 17.7 Å². The summed E-state index contributed by atoms with van der Waals surface area (Å²) >= 11 is 1.54. The first-order valence-corrected chi connectivity index (χ1v) is 11.9. The maximum atomic E-state index is 12.9. The van der Waals surface area contributed by atoms with E-state index in [9.17, 15) is 19.2 Å². The lowest BCUT2D eigenvalue weighted by Gasteiger charge is -2.32. The number of amides is 3. The van der Waals surface area contributed by atoms with Gasteiger partial charge in [-0.2, -0.15) is 0 Å². The summed E-state index contributed by atoms with van der Waals surface area (Å²) in [5, 5.41) is 5.50. The normalized spacial score (nSPS) is 21.2. The molecule has 172 valence electrons. The highest BCUT2D eigenvalue weighted by atomic mass is 32.2. The molecule has 7 nitrogen and oxygen atoms in total. The van der Waals surface area contributed by atoms with Crippen LogP contribution >= 0.6 is 11.8 Å². The third-order valence-corrected chi connectivity index (χ3v) is 7.62. The predicted molar refractivity (Wildman–Crippen MR) is 128 cm³/mol. The van der Waals surface area contributed by atoms with Gasteiger partial charge in [0.1, 0.15) is 12.1 Å². The Labute approximate surface area is 197 Å². The molecule has 8 heteroatoms. The van der Waals surface area contributed by atoms with Crippen LogP contribution in [0, 0.1) is 0 Å². The number of carbonyl (C=O) groups excluding carboxylic acids is 4. The van der Waals surface area contributed by atoms with Crippen molar-refractivity contribution in [2.75, 3.05) is 16.8 Å². The van der Waals surface area contributed by atoms with E-state index < -0.39 is 5.54 Å². The zero-order valence-corrected chi connectivity index (χ0v) is 19.8. The van der Waals surface area contributed by atoms with Crippen molar-refractivity contribution in [3.05, 3.63) is 53.6 Å². The van der Waals surface area contributed by atoms with E-state index in [-0.39, 0.29) is 35.3 Å². The number of fused-ring (bicyclic) bond motifs is 2. The molecular formula is C25H27N3O4S. The van der Waals surface area contributed by atoms with E-state index in [1.165, 1.54) is 25.6 Å². The average Bonchev–Trinajstić information content (AvgIpc) is 3.13. The minimum Gasteiger partial charge on any atom is -0.343 e. The SMILES string of the molecule is CCC1Sc2ccccc2N(CC(=O)Nc2ccc3c(c2)CC(NC(C)=O)(C(C)=O)C3)C1=O. The largest absolute Gasteiger partial charge is 0.343 e. The number of nitrogens with one attached hydrogen (secondary N) is 2. The van der Waals surface area contributed by atoms with Gasteiger partial charge in [0.15, 0.2) is 5.78 Å². The molecule has 2 aliphatic rings. The maximum Gasteiger partial charge on any atom is 0.244 e. The second kappa shape index (κ2) is 9.02. The van der Waals surface area contributed by atoms with E-state index in [0.717, 1.165) is 21.7 Å². The van der Waals surface area contributed by atoms with Gasteiger partial charge in [0, 0.05) is 30.3 Å². The summed E-state index contributed by atoms with van der Waals surface area (Å²) < 4.78 is 0. The Balaban J connectivity index is 1.50. The average molecular weight is 466 g/mol. The van der Waals surface area contributed by atoms with Crippen LogP contribution in [0.1, 0.15) is 38.3 Å². The molecule has 1 aliphatic heterocycles. The van der Waals surface area contributed by atoms with Crippen LogP contribution < -0.4 is 15.5 Å². The number of carbonyl (C=O) groups is 4. The van der Waals surface area contributed by atoms with Crippen LogP contribution in [-0.2, 0) is 32.0 Å². The van der Waals surface area contributed by atoms with Crippen molar-refractivity contribution in [1.29, 1.82) is 0 Å². The fraction of sp³-hybridized carbons (Fsp3) is 0.360. The van der Waals surface area contributed by atoms with Gasteiger partial charge in [-0.05, 0) is 48.7 Å². The van der Waals surface area contributed by atoms with Gasteiger partial charge in [0.05, 0.1) is 10.9 Å². The highest BCUT2D eigenvalue weighted by molar-refractivity contribution is 8.01. The molecule has 0 aromatic heterocycles. The van der Waals surface area contributed by atoms with E-state index in [4.69, 9.17) is 0 Å². The van der Waals surface area contributed by atoms with Crippen LogP contribution in [0.4, 0.5) is 11.4 Å². The molecule has 2 atom stereocenters. The third kappa shape index (κ3) is 4.53. The van der Waals surface area contributed by atoms with Crippen molar-refractivity contribution < 1.29 is 19.2 Å². The van der Waals surface area contributed by atoms with E-state index in [0.29, 0.717) is 24.9 Å². The Hall–Kier alpha value is -3.13. The first-order chi connectivity index (χ1) is 15.7. The summed E-state index contributed by atoms with van der Waals surface area (Å²) in [4.78, 5) is 52.4. The van der Waals surface area contributed by atoms with Gasteiger partial charge in [-0.25, -0.2) is 0 Å². The molecule has 2 unspecified atom stereocenters. The quantitative estimate of drug-likeness (QED) is 0.684. The van der Waals surface area contributed by atoms with Gasteiger partial charge < -0.3 is 15.5 Å². The van der Waals surface area contributed by atoms with Crippen molar-refractivity contribution in [2.24, 2.45) is 0 Å². The number of benzene rings is 2. The van der Waals surface area contributed by atoms with Gasteiger partial charge in [-0.15, -0.1) is 11.8 Å². The number of Topliss-reactive ketones (excluding diaryl/α,β-unsaturated/α-hetero) is 1. The summed E-state index contributed by atoms with van der Waals surface area (Å²) in [5.74, 6) is -0.698. The Kier molecular flexibility index (Phi) is 6.30. The Morgan fingerprint density at radius 1 is 1.09 bits per heavy atom. The molecule has 0 saturated heterocycles. The lowest BCUT2D eigenvalue weighted by Crippen LogP contribution is -2.53. The van der Waals surface area contributed by atoms with Gasteiger partial charge in [0.25, 0.3) is 0 Å². The number of nitrogens with zero attached hydrogens (tertiary/aromatic N) is 1. The van der Waals surface area contributed by atoms with Crippen LogP contribution in [-0.4, -0.2) is 40.8 Å². The number of rotatable bonds is 6. The Morgan fingerprint density at radius 3 is 2.52 bits per heavy atom. The number of para-hydroxylation sites is 1. The van der Waals surface area contributed by atoms with E-state index in [1.807, 2.05) is 43.3 Å². The Morgan fingerprint density at radius 2 is 1.82 bits per heavy atom. The highest BCUT2D eigenvalue weighted by Crippen LogP contribution is 2.40. The van der Waals surface area contributed by atoms with Crippen molar-refractivity contribution in [1.82, 2.24) is 5.32 Å². The molecule has 4 rings (SSSR count). The monoisotopic (exact) mass is 465 g/mol. The topological polar surface area (TPSA) is 95.6 Å². The fourth-order valence-corrected chi connectivity index (χ4v) is 5.71. The lowest BCUT2D eigenvalue weighted by atomic mass is 9.91. The molecule has 2 aromatic carbocycles. The van der Waals surface area contributed by atoms with Crippen molar-refractivity contribution in [3.8, 4) is 0 Å². The van der Waals surface area contributed by atoms with Crippen LogP contribution in [0.5, 0.6) is 0 Å². The van der Waals surface area contributed by atoms with Gasteiger partial charge in [-0.1, -0.05) is 25.1 Å². The molecule has 1 heterocycles. The van der Waals surface area contributed by atoms with Crippen molar-refractivity contribution in [3.63, 3.8) is 0 Å². The smallest absolute Gasteiger partial charge is 0.244 e. The number of ketones is 1. The molecule has 0 fully saturated rings. The standard InChI is InChI=1S/C25H27N3O4S/c1-4-21-24(32)28(20-7-5-6-8-22(20)33-21)14-23(31)26-19-10-9-17-12-25(15(2)29,27-16(3)30)13-18(17)11-19/h5-11,21H,4,12-14H2,1-3H3,(H,26,31)(H,27,30). The summed E-state index contributed by atoms with van der Waals surface area (Å²) in [6.45, 7) is 4.78.